The van der Waals surface area contributed by atoms with Crippen molar-refractivity contribution in [1.29, 1.82) is 0 Å². The molecule has 3 rings (SSSR count). The lowest BCUT2D eigenvalue weighted by Crippen LogP contribution is -1.95. The number of para-hydroxylation sites is 2. The summed E-state index contributed by atoms with van der Waals surface area (Å²) < 4.78 is 5.73. The second kappa shape index (κ2) is 4.98. The summed E-state index contributed by atoms with van der Waals surface area (Å²) in [5.41, 5.74) is 3.45. The van der Waals surface area contributed by atoms with E-state index in [0.717, 1.165) is 5.69 Å². The van der Waals surface area contributed by atoms with Crippen LogP contribution in [0.5, 0.6) is 5.75 Å². The van der Waals surface area contributed by atoms with E-state index in [2.05, 4.69) is 36.2 Å². The zero-order chi connectivity index (χ0) is 13.2. The molecule has 0 aliphatic heterocycles. The molecule has 0 atom stereocenters. The molecule has 0 bridgehead atoms. The first-order valence-electron chi connectivity index (χ1n) is 6.18. The molecular formula is C16H14ClNO. The van der Waals surface area contributed by atoms with Crippen LogP contribution in [0.1, 0.15) is 11.3 Å². The van der Waals surface area contributed by atoms with E-state index in [1.165, 1.54) is 16.5 Å². The van der Waals surface area contributed by atoms with Crippen molar-refractivity contribution in [2.45, 2.75) is 13.5 Å². The molecule has 0 radical (unpaired) electrons. The van der Waals surface area contributed by atoms with Gasteiger partial charge in [0.1, 0.15) is 12.4 Å². The number of rotatable bonds is 3. The Bertz CT molecular complexity index is 718. The summed E-state index contributed by atoms with van der Waals surface area (Å²) >= 11 is 6.06. The first-order chi connectivity index (χ1) is 9.24. The molecule has 2 aromatic carbocycles. The maximum Gasteiger partial charge on any atom is 0.138 e. The summed E-state index contributed by atoms with van der Waals surface area (Å²) in [5, 5.41) is 1.84. The van der Waals surface area contributed by atoms with Crippen molar-refractivity contribution in [3.05, 3.63) is 64.8 Å². The topological polar surface area (TPSA) is 25.0 Å². The van der Waals surface area contributed by atoms with Gasteiger partial charge in [-0.25, -0.2) is 0 Å². The molecule has 1 N–H and O–H groups in total. The van der Waals surface area contributed by atoms with Gasteiger partial charge in [0.2, 0.25) is 0 Å². The maximum absolute atomic E-state index is 6.06. The molecule has 3 heteroatoms. The van der Waals surface area contributed by atoms with Gasteiger partial charge in [-0.3, -0.25) is 0 Å². The molecule has 96 valence electrons. The predicted octanol–water partition coefficient (Wildman–Crippen LogP) is 4.71. The third-order valence-electron chi connectivity index (χ3n) is 3.14. The average Bonchev–Trinajstić information content (AvgIpc) is 2.82. The zero-order valence-corrected chi connectivity index (χ0v) is 11.4. The number of hydrogen-bond donors (Lipinski definition) is 1. The van der Waals surface area contributed by atoms with E-state index in [4.69, 9.17) is 16.3 Å². The monoisotopic (exact) mass is 271 g/mol. The van der Waals surface area contributed by atoms with Gasteiger partial charge >= 0.3 is 0 Å². The maximum atomic E-state index is 6.06. The summed E-state index contributed by atoms with van der Waals surface area (Å²) in [5.74, 6) is 0.708. The average molecular weight is 272 g/mol. The molecule has 0 amide bonds. The number of halogens is 1. The smallest absolute Gasteiger partial charge is 0.138 e. The van der Waals surface area contributed by atoms with Crippen LogP contribution in [-0.4, -0.2) is 4.98 Å². The van der Waals surface area contributed by atoms with Gasteiger partial charge in [0.05, 0.1) is 10.7 Å². The van der Waals surface area contributed by atoms with E-state index < -0.39 is 0 Å². The summed E-state index contributed by atoms with van der Waals surface area (Å²) in [6.07, 6.45) is 0. The molecule has 0 saturated heterocycles. The number of aromatic nitrogens is 1. The number of fused-ring (bicyclic) bond motifs is 1. The van der Waals surface area contributed by atoms with Crippen LogP contribution in [0.25, 0.3) is 10.9 Å². The summed E-state index contributed by atoms with van der Waals surface area (Å²) in [4.78, 5) is 3.39. The van der Waals surface area contributed by atoms with Gasteiger partial charge in [0, 0.05) is 10.9 Å². The SMILES string of the molecule is Cc1cccc2cc(COc3ccccc3Cl)[nH]c12. The van der Waals surface area contributed by atoms with Gasteiger partial charge in [-0.1, -0.05) is 41.9 Å². The van der Waals surface area contributed by atoms with E-state index in [1.807, 2.05) is 24.3 Å². The normalized spacial score (nSPS) is 10.8. The Morgan fingerprint density at radius 1 is 1.11 bits per heavy atom. The minimum Gasteiger partial charge on any atom is -0.486 e. The highest BCUT2D eigenvalue weighted by Gasteiger charge is 2.05. The number of aryl methyl sites for hydroxylation is 1. The zero-order valence-electron chi connectivity index (χ0n) is 10.6. The van der Waals surface area contributed by atoms with Gasteiger partial charge in [-0.15, -0.1) is 0 Å². The predicted molar refractivity (Wildman–Crippen MR) is 78.8 cm³/mol. The number of nitrogens with one attached hydrogen (secondary N) is 1. The van der Waals surface area contributed by atoms with Crippen molar-refractivity contribution in [2.24, 2.45) is 0 Å². The quantitative estimate of drug-likeness (QED) is 0.733. The Balaban J connectivity index is 1.83. The highest BCUT2D eigenvalue weighted by atomic mass is 35.5. The van der Waals surface area contributed by atoms with Crippen molar-refractivity contribution in [3.63, 3.8) is 0 Å². The van der Waals surface area contributed by atoms with E-state index >= 15 is 0 Å². The molecule has 1 heterocycles. The van der Waals surface area contributed by atoms with E-state index in [0.29, 0.717) is 17.4 Å². The molecule has 0 aliphatic carbocycles. The lowest BCUT2D eigenvalue weighted by molar-refractivity contribution is 0.302. The lowest BCUT2D eigenvalue weighted by Gasteiger charge is -2.06. The molecule has 0 unspecified atom stereocenters. The Kier molecular flexibility index (Phi) is 3.18. The summed E-state index contributed by atoms with van der Waals surface area (Å²) in [7, 11) is 0. The second-order valence-corrected chi connectivity index (χ2v) is 4.96. The standard InChI is InChI=1S/C16H14ClNO/c1-11-5-4-6-12-9-13(18-16(11)12)10-19-15-8-3-2-7-14(15)17/h2-9,18H,10H2,1H3. The number of H-pyrrole nitrogens is 1. The Hall–Kier alpha value is -1.93. The van der Waals surface area contributed by atoms with Gasteiger partial charge in [0.15, 0.2) is 0 Å². The molecule has 1 aromatic heterocycles. The van der Waals surface area contributed by atoms with Crippen molar-refractivity contribution in [2.75, 3.05) is 0 Å². The van der Waals surface area contributed by atoms with Crippen LogP contribution < -0.4 is 4.74 Å². The summed E-state index contributed by atoms with van der Waals surface area (Å²) in [6.45, 7) is 2.58. The van der Waals surface area contributed by atoms with Crippen LogP contribution in [-0.2, 0) is 6.61 Å². The fourth-order valence-corrected chi connectivity index (χ4v) is 2.35. The number of benzene rings is 2. The van der Waals surface area contributed by atoms with E-state index in [1.54, 1.807) is 0 Å². The molecule has 3 aromatic rings. The molecule has 0 saturated carbocycles. The van der Waals surface area contributed by atoms with Gasteiger partial charge in [0.25, 0.3) is 0 Å². The Labute approximate surface area is 117 Å². The summed E-state index contributed by atoms with van der Waals surface area (Å²) in [6, 6.07) is 15.9. The molecule has 0 spiro atoms. The largest absolute Gasteiger partial charge is 0.486 e. The van der Waals surface area contributed by atoms with Crippen LogP contribution in [0.15, 0.2) is 48.5 Å². The van der Waals surface area contributed by atoms with Crippen LogP contribution in [0.4, 0.5) is 0 Å². The van der Waals surface area contributed by atoms with Crippen LogP contribution >= 0.6 is 11.6 Å². The van der Waals surface area contributed by atoms with Crippen LogP contribution in [0.3, 0.4) is 0 Å². The molecule has 0 fully saturated rings. The number of aromatic amines is 1. The first-order valence-corrected chi connectivity index (χ1v) is 6.56. The fraction of sp³-hybridized carbons (Fsp3) is 0.125. The Morgan fingerprint density at radius 2 is 1.95 bits per heavy atom. The van der Waals surface area contributed by atoms with Gasteiger partial charge in [-0.2, -0.15) is 0 Å². The fourth-order valence-electron chi connectivity index (χ4n) is 2.16. The number of ether oxygens (including phenoxy) is 1. The highest BCUT2D eigenvalue weighted by molar-refractivity contribution is 6.32. The minimum absolute atomic E-state index is 0.484. The third kappa shape index (κ3) is 2.45. The van der Waals surface area contributed by atoms with E-state index in [9.17, 15) is 0 Å². The van der Waals surface area contributed by atoms with E-state index in [-0.39, 0.29) is 0 Å². The molecule has 19 heavy (non-hydrogen) atoms. The van der Waals surface area contributed by atoms with Gasteiger partial charge in [-0.05, 0) is 30.7 Å². The van der Waals surface area contributed by atoms with Crippen molar-refractivity contribution >= 4 is 22.5 Å². The minimum atomic E-state index is 0.484. The highest BCUT2D eigenvalue weighted by Crippen LogP contribution is 2.25. The van der Waals surface area contributed by atoms with Crippen LogP contribution in [0, 0.1) is 6.92 Å². The number of hydrogen-bond acceptors (Lipinski definition) is 1. The van der Waals surface area contributed by atoms with Crippen molar-refractivity contribution in [3.8, 4) is 5.75 Å². The molecule has 2 nitrogen and oxygen atoms in total. The first kappa shape index (κ1) is 12.1. The third-order valence-corrected chi connectivity index (χ3v) is 3.45. The Morgan fingerprint density at radius 3 is 2.74 bits per heavy atom. The van der Waals surface area contributed by atoms with Crippen molar-refractivity contribution < 1.29 is 4.74 Å². The van der Waals surface area contributed by atoms with Crippen molar-refractivity contribution in [1.82, 2.24) is 4.98 Å². The molecular weight excluding hydrogens is 258 g/mol. The second-order valence-electron chi connectivity index (χ2n) is 4.55. The lowest BCUT2D eigenvalue weighted by atomic mass is 10.2. The van der Waals surface area contributed by atoms with Crippen LogP contribution in [0.2, 0.25) is 5.02 Å². The molecule has 0 aliphatic rings. The van der Waals surface area contributed by atoms with Gasteiger partial charge < -0.3 is 9.72 Å².